The number of benzene rings is 1. The Morgan fingerprint density at radius 3 is 2.29 bits per heavy atom. The van der Waals surface area contributed by atoms with Crippen LogP contribution in [0.3, 0.4) is 0 Å². The van der Waals surface area contributed by atoms with E-state index in [0.717, 1.165) is 12.1 Å². The molecule has 0 saturated heterocycles. The quantitative estimate of drug-likeness (QED) is 0.655. The lowest BCUT2D eigenvalue weighted by Crippen LogP contribution is -2.34. The first-order valence-corrected chi connectivity index (χ1v) is 4.20. The van der Waals surface area contributed by atoms with E-state index in [1.807, 2.05) is 0 Å². The smallest absolute Gasteiger partial charge is 0.478 e. The minimum Gasteiger partial charge on any atom is -0.478 e. The summed E-state index contributed by atoms with van der Waals surface area (Å²) < 4.78 is 39.5. The number of alkyl halides is 3. The highest BCUT2D eigenvalue weighted by molar-refractivity contribution is 6.59. The van der Waals surface area contributed by atoms with Crippen LogP contribution >= 0.6 is 0 Å². The number of hydrogen-bond acceptors (Lipinski definition) is 4. The molecule has 17 heavy (non-hydrogen) atoms. The van der Waals surface area contributed by atoms with Crippen molar-refractivity contribution in [3.05, 3.63) is 23.8 Å². The SMILES string of the molecule is O=C(O)c1ccc(B(O)O)c(OC(F)(F)F)c1. The van der Waals surface area contributed by atoms with Gasteiger partial charge in [0.25, 0.3) is 0 Å². The van der Waals surface area contributed by atoms with Gasteiger partial charge in [0, 0.05) is 5.46 Å². The van der Waals surface area contributed by atoms with E-state index in [1.165, 1.54) is 0 Å². The van der Waals surface area contributed by atoms with Gasteiger partial charge in [-0.05, 0) is 12.1 Å². The number of carbonyl (C=O) groups is 1. The van der Waals surface area contributed by atoms with Crippen molar-refractivity contribution in [3.8, 4) is 5.75 Å². The molecule has 0 fully saturated rings. The Morgan fingerprint density at radius 2 is 1.88 bits per heavy atom. The molecule has 0 unspecified atom stereocenters. The van der Waals surface area contributed by atoms with Gasteiger partial charge in [0.15, 0.2) is 0 Å². The molecule has 0 amide bonds. The molecule has 3 N–H and O–H groups in total. The molecule has 0 spiro atoms. The molecule has 9 heteroatoms. The van der Waals surface area contributed by atoms with E-state index >= 15 is 0 Å². The largest absolute Gasteiger partial charge is 0.573 e. The number of aromatic carboxylic acids is 1. The average Bonchev–Trinajstić information content (AvgIpc) is 2.14. The molecule has 0 bridgehead atoms. The average molecular weight is 250 g/mol. The predicted molar refractivity (Wildman–Crippen MR) is 49.9 cm³/mol. The third-order valence-electron chi connectivity index (χ3n) is 1.76. The fourth-order valence-corrected chi connectivity index (χ4v) is 1.09. The number of halogens is 3. The Morgan fingerprint density at radius 1 is 1.29 bits per heavy atom. The van der Waals surface area contributed by atoms with Crippen LogP contribution in [0.5, 0.6) is 5.75 Å². The Labute approximate surface area is 93.2 Å². The van der Waals surface area contributed by atoms with Crippen molar-refractivity contribution in [2.45, 2.75) is 6.36 Å². The van der Waals surface area contributed by atoms with Gasteiger partial charge in [-0.2, -0.15) is 0 Å². The first kappa shape index (κ1) is 13.3. The molecule has 0 atom stereocenters. The standard InChI is InChI=1S/C8H6BF3O5/c10-8(11,12)17-6-3-4(7(13)14)1-2-5(6)9(15)16/h1-3,15-16H,(H,13,14). The van der Waals surface area contributed by atoms with E-state index < -0.39 is 36.2 Å². The molecule has 1 aromatic rings. The molecule has 0 aliphatic heterocycles. The second-order valence-corrected chi connectivity index (χ2v) is 2.98. The van der Waals surface area contributed by atoms with Gasteiger partial charge in [-0.1, -0.05) is 6.07 Å². The van der Waals surface area contributed by atoms with Crippen LogP contribution < -0.4 is 10.2 Å². The van der Waals surface area contributed by atoms with Gasteiger partial charge in [0.1, 0.15) is 5.75 Å². The van der Waals surface area contributed by atoms with Crippen LogP contribution in [0.25, 0.3) is 0 Å². The molecule has 0 aliphatic carbocycles. The maximum Gasteiger partial charge on any atom is 0.573 e. The molecular weight excluding hydrogens is 244 g/mol. The van der Waals surface area contributed by atoms with E-state index in [4.69, 9.17) is 15.2 Å². The van der Waals surface area contributed by atoms with E-state index in [2.05, 4.69) is 4.74 Å². The van der Waals surface area contributed by atoms with Crippen LogP contribution in [0.4, 0.5) is 13.2 Å². The molecule has 0 aromatic heterocycles. The number of rotatable bonds is 3. The van der Waals surface area contributed by atoms with Crippen molar-refractivity contribution in [1.82, 2.24) is 0 Å². The predicted octanol–water partition coefficient (Wildman–Crippen LogP) is -0.0368. The van der Waals surface area contributed by atoms with E-state index in [0.29, 0.717) is 6.07 Å². The lowest BCUT2D eigenvalue weighted by molar-refractivity contribution is -0.274. The van der Waals surface area contributed by atoms with Gasteiger partial charge in [0.05, 0.1) is 5.56 Å². The van der Waals surface area contributed by atoms with Gasteiger partial charge >= 0.3 is 19.5 Å². The fourth-order valence-electron chi connectivity index (χ4n) is 1.09. The topological polar surface area (TPSA) is 87.0 Å². The molecule has 0 aliphatic rings. The Bertz CT molecular complexity index is 432. The highest BCUT2D eigenvalue weighted by Crippen LogP contribution is 2.22. The van der Waals surface area contributed by atoms with Crippen molar-refractivity contribution in [1.29, 1.82) is 0 Å². The van der Waals surface area contributed by atoms with Crippen LogP contribution in [0.15, 0.2) is 18.2 Å². The maximum absolute atomic E-state index is 12.0. The maximum atomic E-state index is 12.0. The summed E-state index contributed by atoms with van der Waals surface area (Å²) in [6.07, 6.45) is -5.05. The number of hydrogen-bond donors (Lipinski definition) is 3. The summed E-state index contributed by atoms with van der Waals surface area (Å²) in [6, 6.07) is 2.32. The van der Waals surface area contributed by atoms with Crippen LogP contribution in [-0.4, -0.2) is 34.6 Å². The Kier molecular flexibility index (Phi) is 3.64. The molecule has 1 rings (SSSR count). The normalized spacial score (nSPS) is 11.1. The van der Waals surface area contributed by atoms with Gasteiger partial charge < -0.3 is 19.9 Å². The van der Waals surface area contributed by atoms with Crippen LogP contribution in [-0.2, 0) is 0 Å². The van der Waals surface area contributed by atoms with Crippen LogP contribution in [0.1, 0.15) is 10.4 Å². The lowest BCUT2D eigenvalue weighted by Gasteiger charge is -2.13. The first-order chi connectivity index (χ1) is 7.70. The zero-order valence-corrected chi connectivity index (χ0v) is 8.10. The highest BCUT2D eigenvalue weighted by Gasteiger charge is 2.33. The molecule has 0 saturated carbocycles. The van der Waals surface area contributed by atoms with E-state index in [1.54, 1.807) is 0 Å². The third-order valence-corrected chi connectivity index (χ3v) is 1.76. The summed E-state index contributed by atoms with van der Waals surface area (Å²) in [5, 5.41) is 26.2. The number of carboxylic acid groups (broad SMARTS) is 1. The van der Waals surface area contributed by atoms with Crippen LogP contribution in [0, 0.1) is 0 Å². The van der Waals surface area contributed by atoms with Crippen molar-refractivity contribution >= 4 is 18.6 Å². The molecular formula is C8H6BF3O5. The zero-order chi connectivity index (χ0) is 13.2. The van der Waals surface area contributed by atoms with Crippen molar-refractivity contribution in [2.75, 3.05) is 0 Å². The molecule has 5 nitrogen and oxygen atoms in total. The van der Waals surface area contributed by atoms with Crippen molar-refractivity contribution in [2.24, 2.45) is 0 Å². The molecule has 92 valence electrons. The van der Waals surface area contributed by atoms with E-state index in [9.17, 15) is 18.0 Å². The van der Waals surface area contributed by atoms with Crippen LogP contribution in [0.2, 0.25) is 0 Å². The second-order valence-electron chi connectivity index (χ2n) is 2.98. The zero-order valence-electron chi connectivity index (χ0n) is 8.10. The first-order valence-electron chi connectivity index (χ1n) is 4.20. The highest BCUT2D eigenvalue weighted by atomic mass is 19.4. The summed E-state index contributed by atoms with van der Waals surface area (Å²) in [6.45, 7) is 0. The number of ether oxygens (including phenoxy) is 1. The van der Waals surface area contributed by atoms with Gasteiger partial charge in [-0.3, -0.25) is 0 Å². The summed E-state index contributed by atoms with van der Waals surface area (Å²) in [5.74, 6) is -2.43. The van der Waals surface area contributed by atoms with Gasteiger partial charge in [-0.25, -0.2) is 4.79 Å². The molecule has 1 aromatic carbocycles. The monoisotopic (exact) mass is 250 g/mol. The Balaban J connectivity index is 3.21. The summed E-state index contributed by atoms with van der Waals surface area (Å²) >= 11 is 0. The van der Waals surface area contributed by atoms with Crippen molar-refractivity contribution in [3.63, 3.8) is 0 Å². The lowest BCUT2D eigenvalue weighted by atomic mass is 9.79. The minimum absolute atomic E-state index is 0.464. The second kappa shape index (κ2) is 4.64. The van der Waals surface area contributed by atoms with Gasteiger partial charge in [-0.15, -0.1) is 13.2 Å². The number of carboxylic acids is 1. The Hall–Kier alpha value is -1.74. The van der Waals surface area contributed by atoms with Gasteiger partial charge in [0.2, 0.25) is 0 Å². The minimum atomic E-state index is -5.05. The molecule has 0 radical (unpaired) electrons. The fraction of sp³-hybridized carbons (Fsp3) is 0.125. The third kappa shape index (κ3) is 3.64. The van der Waals surface area contributed by atoms with Crippen molar-refractivity contribution < 1.29 is 37.9 Å². The summed E-state index contributed by atoms with van der Waals surface area (Å²) in [4.78, 5) is 10.5. The summed E-state index contributed by atoms with van der Waals surface area (Å²) in [5.41, 5.74) is -1.04. The molecule has 0 heterocycles. The van der Waals surface area contributed by atoms with E-state index in [-0.39, 0.29) is 0 Å². The summed E-state index contributed by atoms with van der Waals surface area (Å²) in [7, 11) is -2.20.